The van der Waals surface area contributed by atoms with Gasteiger partial charge in [0.1, 0.15) is 36.6 Å². The number of ether oxygens (including phenoxy) is 5. The number of rotatable bonds is 13. The van der Waals surface area contributed by atoms with Gasteiger partial charge in [0.15, 0.2) is 12.6 Å². The molecule has 2 fully saturated rings. The van der Waals surface area contributed by atoms with Crippen molar-refractivity contribution in [1.29, 1.82) is 0 Å². The minimum Gasteiger partial charge on any atom is -0.394 e. The third-order valence-corrected chi connectivity index (χ3v) is 5.27. The van der Waals surface area contributed by atoms with Crippen molar-refractivity contribution >= 4 is 0 Å². The van der Waals surface area contributed by atoms with Gasteiger partial charge in [-0.25, -0.2) is 0 Å². The molecule has 9 heteroatoms. The number of hydrogen-bond donors (Lipinski definition) is 4. The molecule has 2 aliphatic rings. The van der Waals surface area contributed by atoms with Gasteiger partial charge in [0.25, 0.3) is 0 Å². The van der Waals surface area contributed by atoms with E-state index < -0.39 is 49.2 Å². The fourth-order valence-electron chi connectivity index (χ4n) is 3.50. The van der Waals surface area contributed by atoms with Gasteiger partial charge in [0.2, 0.25) is 0 Å². The molecule has 8 atom stereocenters. The Morgan fingerprint density at radius 3 is 2.14 bits per heavy atom. The fraction of sp³-hybridized carbons (Fsp3) is 1.00. The second kappa shape index (κ2) is 12.4. The van der Waals surface area contributed by atoms with E-state index in [2.05, 4.69) is 6.92 Å². The lowest BCUT2D eigenvalue weighted by molar-refractivity contribution is -0.208. The second-order valence-corrected chi connectivity index (χ2v) is 7.41. The number of hydrogen-bond acceptors (Lipinski definition) is 9. The molecule has 9 nitrogen and oxygen atoms in total. The van der Waals surface area contributed by atoms with E-state index in [0.29, 0.717) is 6.61 Å². The normalized spacial score (nSPS) is 38.4. The molecule has 2 heterocycles. The molecule has 0 spiro atoms. The van der Waals surface area contributed by atoms with Crippen LogP contribution in [-0.4, -0.2) is 96.6 Å². The standard InChI is InChI=1S/C19H36O9/c1-3-4-5-6-7-8-9-25-18-16(23)14(21)13(28-18)11-26-19-17(24-2)15(22)12(10-20)27-19/h12-23H,3-11H2,1-2H3/t12-,13-,14-,15-,16+,17+,18+,19+/m1/s1. The van der Waals surface area contributed by atoms with Gasteiger partial charge < -0.3 is 44.1 Å². The third kappa shape index (κ3) is 6.32. The zero-order chi connectivity index (χ0) is 20.5. The summed E-state index contributed by atoms with van der Waals surface area (Å²) in [7, 11) is 1.41. The van der Waals surface area contributed by atoms with E-state index in [4.69, 9.17) is 23.7 Å². The molecule has 4 N–H and O–H groups in total. The molecule has 0 aromatic carbocycles. The first-order chi connectivity index (χ1) is 13.5. The lowest BCUT2D eigenvalue weighted by atomic mass is 10.1. The molecule has 0 bridgehead atoms. The second-order valence-electron chi connectivity index (χ2n) is 7.41. The molecule has 2 rings (SSSR count). The predicted molar refractivity (Wildman–Crippen MR) is 98.5 cm³/mol. The van der Waals surface area contributed by atoms with Crippen molar-refractivity contribution in [1.82, 2.24) is 0 Å². The quantitative estimate of drug-likeness (QED) is 0.309. The molecule has 0 saturated carbocycles. The van der Waals surface area contributed by atoms with Crippen molar-refractivity contribution < 1.29 is 44.1 Å². The van der Waals surface area contributed by atoms with E-state index in [1.165, 1.54) is 26.4 Å². The average Bonchev–Trinajstić information content (AvgIpc) is 3.15. The van der Waals surface area contributed by atoms with Crippen LogP contribution in [0.3, 0.4) is 0 Å². The maximum Gasteiger partial charge on any atom is 0.187 e. The molecule has 0 aromatic rings. The summed E-state index contributed by atoms with van der Waals surface area (Å²) in [5.74, 6) is 0. The highest BCUT2D eigenvalue weighted by Gasteiger charge is 2.47. The summed E-state index contributed by atoms with van der Waals surface area (Å²) < 4.78 is 27.3. The SMILES string of the molecule is CCCCCCCCO[C@H]1O[C@H](CO[C@H]2O[C@H](CO)[C@@H](O)[C@@H]2OC)[C@@H](O)[C@@H]1O. The zero-order valence-corrected chi connectivity index (χ0v) is 16.8. The molecule has 0 aromatic heterocycles. The molecule has 166 valence electrons. The smallest absolute Gasteiger partial charge is 0.187 e. The lowest BCUT2D eigenvalue weighted by Gasteiger charge is -2.21. The highest BCUT2D eigenvalue weighted by atomic mass is 16.7. The van der Waals surface area contributed by atoms with Gasteiger partial charge in [-0.1, -0.05) is 39.0 Å². The summed E-state index contributed by atoms with van der Waals surface area (Å²) in [5.41, 5.74) is 0. The van der Waals surface area contributed by atoms with Crippen LogP contribution in [0.25, 0.3) is 0 Å². The highest BCUT2D eigenvalue weighted by molar-refractivity contribution is 4.90. The minimum absolute atomic E-state index is 0.0789. The third-order valence-electron chi connectivity index (χ3n) is 5.27. The average molecular weight is 408 g/mol. The maximum absolute atomic E-state index is 10.2. The van der Waals surface area contributed by atoms with Gasteiger partial charge in [-0.15, -0.1) is 0 Å². The Labute approximate surface area is 166 Å². The predicted octanol–water partition coefficient (Wildman–Crippen LogP) is -0.0801. The first-order valence-corrected chi connectivity index (χ1v) is 10.2. The van der Waals surface area contributed by atoms with E-state index in [-0.39, 0.29) is 13.2 Å². The van der Waals surface area contributed by atoms with Crippen LogP contribution in [0.5, 0.6) is 0 Å². The molecular weight excluding hydrogens is 372 g/mol. The summed E-state index contributed by atoms with van der Waals surface area (Å²) in [6, 6.07) is 0. The Kier molecular flexibility index (Phi) is 10.6. The highest BCUT2D eigenvalue weighted by Crippen LogP contribution is 2.27. The number of aliphatic hydroxyl groups is 4. The van der Waals surface area contributed by atoms with Crippen LogP contribution in [0.2, 0.25) is 0 Å². The number of unbranched alkanes of at least 4 members (excludes halogenated alkanes) is 5. The van der Waals surface area contributed by atoms with Crippen LogP contribution >= 0.6 is 0 Å². The molecule has 2 aliphatic heterocycles. The first kappa shape index (κ1) is 23.9. The van der Waals surface area contributed by atoms with E-state index in [0.717, 1.165) is 19.3 Å². The summed E-state index contributed by atoms with van der Waals surface area (Å²) in [6.07, 6.45) is -0.757. The van der Waals surface area contributed by atoms with Crippen LogP contribution in [0.1, 0.15) is 45.4 Å². The van der Waals surface area contributed by atoms with Crippen molar-refractivity contribution in [3.63, 3.8) is 0 Å². The van der Waals surface area contributed by atoms with Crippen LogP contribution in [-0.2, 0) is 23.7 Å². The summed E-state index contributed by atoms with van der Waals surface area (Å²) in [4.78, 5) is 0. The van der Waals surface area contributed by atoms with Crippen LogP contribution in [0, 0.1) is 0 Å². The van der Waals surface area contributed by atoms with Crippen molar-refractivity contribution in [3.05, 3.63) is 0 Å². The number of aliphatic hydroxyl groups excluding tert-OH is 4. The Bertz CT molecular complexity index is 424. The van der Waals surface area contributed by atoms with E-state index >= 15 is 0 Å². The van der Waals surface area contributed by atoms with E-state index in [1.54, 1.807) is 0 Å². The topological polar surface area (TPSA) is 127 Å². The lowest BCUT2D eigenvalue weighted by Crippen LogP contribution is -2.39. The molecule has 0 radical (unpaired) electrons. The summed E-state index contributed by atoms with van der Waals surface area (Å²) in [5, 5.41) is 39.5. The van der Waals surface area contributed by atoms with Crippen molar-refractivity contribution in [2.75, 3.05) is 26.9 Å². The van der Waals surface area contributed by atoms with Crippen LogP contribution in [0.4, 0.5) is 0 Å². The largest absolute Gasteiger partial charge is 0.394 e. The first-order valence-electron chi connectivity index (χ1n) is 10.2. The summed E-state index contributed by atoms with van der Waals surface area (Å²) in [6.45, 7) is 2.19. The maximum atomic E-state index is 10.2. The van der Waals surface area contributed by atoms with Crippen molar-refractivity contribution in [2.24, 2.45) is 0 Å². The van der Waals surface area contributed by atoms with Crippen molar-refractivity contribution in [2.45, 2.75) is 94.7 Å². The molecule has 2 saturated heterocycles. The molecule has 28 heavy (non-hydrogen) atoms. The molecule has 0 amide bonds. The Balaban J connectivity index is 1.70. The molecule has 0 aliphatic carbocycles. The van der Waals surface area contributed by atoms with Gasteiger partial charge in [0, 0.05) is 13.7 Å². The fourth-order valence-corrected chi connectivity index (χ4v) is 3.50. The van der Waals surface area contributed by atoms with Gasteiger partial charge in [-0.05, 0) is 6.42 Å². The minimum atomic E-state index is -1.16. The van der Waals surface area contributed by atoms with Gasteiger partial charge in [0.05, 0.1) is 13.2 Å². The molecular formula is C19H36O9. The number of methoxy groups -OCH3 is 1. The van der Waals surface area contributed by atoms with Gasteiger partial charge in [-0.2, -0.15) is 0 Å². The Hall–Kier alpha value is -0.360. The zero-order valence-electron chi connectivity index (χ0n) is 16.8. The van der Waals surface area contributed by atoms with Crippen LogP contribution in [0.15, 0.2) is 0 Å². The van der Waals surface area contributed by atoms with Crippen molar-refractivity contribution in [3.8, 4) is 0 Å². The monoisotopic (exact) mass is 408 g/mol. The van der Waals surface area contributed by atoms with Crippen LogP contribution < -0.4 is 0 Å². The Morgan fingerprint density at radius 1 is 0.786 bits per heavy atom. The van der Waals surface area contributed by atoms with Gasteiger partial charge in [-0.3, -0.25) is 0 Å². The summed E-state index contributed by atoms with van der Waals surface area (Å²) >= 11 is 0. The van der Waals surface area contributed by atoms with E-state index in [1.807, 2.05) is 0 Å². The molecule has 0 unspecified atom stereocenters. The van der Waals surface area contributed by atoms with E-state index in [9.17, 15) is 20.4 Å². The van der Waals surface area contributed by atoms with Gasteiger partial charge >= 0.3 is 0 Å². The Morgan fingerprint density at radius 2 is 1.46 bits per heavy atom.